The largest absolute Gasteiger partial charge is 0.657 e. The fourth-order valence-electron chi connectivity index (χ4n) is 2.47. The fraction of sp³-hybridized carbons (Fsp3) is 0.750. The van der Waals surface area contributed by atoms with Crippen LogP contribution in [0.25, 0.3) is 0 Å². The summed E-state index contributed by atoms with van der Waals surface area (Å²) in [5, 5.41) is 0. The molecule has 2 nitrogen and oxygen atoms in total. The topological polar surface area (TPSA) is 18.5 Å². The molecule has 105 valence electrons. The summed E-state index contributed by atoms with van der Waals surface area (Å²) < 4.78 is 11.2. The second-order valence-electron chi connectivity index (χ2n) is 7.41. The molecular formula is C16H26BO2. The summed E-state index contributed by atoms with van der Waals surface area (Å²) in [5.74, 6) is 2.10. The van der Waals surface area contributed by atoms with Crippen LogP contribution in [-0.4, -0.2) is 7.69 Å². The fourth-order valence-corrected chi connectivity index (χ4v) is 2.47. The van der Waals surface area contributed by atoms with E-state index in [2.05, 4.69) is 39.8 Å². The van der Waals surface area contributed by atoms with Crippen LogP contribution < -0.4 is 0 Å². The van der Waals surface area contributed by atoms with Crippen molar-refractivity contribution in [1.29, 1.82) is 0 Å². The van der Waals surface area contributed by atoms with E-state index in [-0.39, 0.29) is 0 Å². The van der Waals surface area contributed by atoms with E-state index in [1.807, 2.05) is 0 Å². The lowest BCUT2D eigenvalue weighted by atomic mass is 9.80. The summed E-state index contributed by atoms with van der Waals surface area (Å²) in [6.45, 7) is 9.20. The van der Waals surface area contributed by atoms with Gasteiger partial charge in [0.25, 0.3) is 0 Å². The van der Waals surface area contributed by atoms with Crippen molar-refractivity contribution in [2.24, 2.45) is 10.8 Å². The summed E-state index contributed by atoms with van der Waals surface area (Å²) >= 11 is 0. The van der Waals surface area contributed by atoms with Crippen LogP contribution in [0.15, 0.2) is 23.7 Å². The zero-order chi connectivity index (χ0) is 13.9. The Bertz CT molecular complexity index is 344. The maximum Gasteiger partial charge on any atom is 0.657 e. The molecule has 0 aromatic heterocycles. The summed E-state index contributed by atoms with van der Waals surface area (Å²) in [6, 6.07) is 0. The third-order valence-electron chi connectivity index (χ3n) is 4.26. The van der Waals surface area contributed by atoms with Crippen molar-refractivity contribution in [2.45, 2.75) is 66.2 Å². The molecule has 0 spiro atoms. The Kier molecular flexibility index (Phi) is 4.32. The van der Waals surface area contributed by atoms with Crippen LogP contribution >= 0.6 is 0 Å². The lowest BCUT2D eigenvalue weighted by Crippen LogP contribution is -2.18. The standard InChI is InChI=1S/C16H26BO2/c1-15(2)9-5-13(6-10-15)18-17-19-14-7-11-16(3,4)12-8-14/h5,7H,6,8-12H2,1-4H3. The highest BCUT2D eigenvalue weighted by Gasteiger charge is 2.24. The van der Waals surface area contributed by atoms with E-state index >= 15 is 0 Å². The van der Waals surface area contributed by atoms with Gasteiger partial charge in [0.15, 0.2) is 0 Å². The minimum atomic E-state index is 0.422. The third-order valence-corrected chi connectivity index (χ3v) is 4.26. The van der Waals surface area contributed by atoms with Gasteiger partial charge in [0, 0.05) is 12.8 Å². The van der Waals surface area contributed by atoms with Crippen molar-refractivity contribution < 1.29 is 9.31 Å². The van der Waals surface area contributed by atoms with Gasteiger partial charge in [0.1, 0.15) is 0 Å². The second kappa shape index (κ2) is 5.64. The molecular weight excluding hydrogens is 235 g/mol. The van der Waals surface area contributed by atoms with E-state index in [0.717, 1.165) is 37.2 Å². The summed E-state index contributed by atoms with van der Waals surface area (Å²) in [7, 11) is 1.51. The average Bonchev–Trinajstić information content (AvgIpc) is 2.33. The molecule has 0 unspecified atom stereocenters. The van der Waals surface area contributed by atoms with Gasteiger partial charge in [0.2, 0.25) is 0 Å². The molecule has 19 heavy (non-hydrogen) atoms. The molecule has 0 N–H and O–H groups in total. The normalized spacial score (nSPS) is 25.1. The van der Waals surface area contributed by atoms with Crippen LogP contribution in [0.1, 0.15) is 66.2 Å². The van der Waals surface area contributed by atoms with E-state index < -0.39 is 0 Å². The molecule has 0 aromatic carbocycles. The van der Waals surface area contributed by atoms with Crippen LogP contribution in [0.4, 0.5) is 0 Å². The summed E-state index contributed by atoms with van der Waals surface area (Å²) in [5.41, 5.74) is 0.844. The van der Waals surface area contributed by atoms with Crippen molar-refractivity contribution in [2.75, 3.05) is 0 Å². The lowest BCUT2D eigenvalue weighted by molar-refractivity contribution is 0.239. The van der Waals surface area contributed by atoms with Crippen LogP contribution in [-0.2, 0) is 9.31 Å². The van der Waals surface area contributed by atoms with Crippen molar-refractivity contribution in [3.8, 4) is 0 Å². The minimum absolute atomic E-state index is 0.422. The minimum Gasteiger partial charge on any atom is -0.530 e. The van der Waals surface area contributed by atoms with E-state index in [4.69, 9.17) is 9.31 Å². The number of hydrogen-bond acceptors (Lipinski definition) is 2. The molecule has 2 aliphatic carbocycles. The monoisotopic (exact) mass is 261 g/mol. The van der Waals surface area contributed by atoms with Crippen molar-refractivity contribution >= 4 is 7.69 Å². The molecule has 0 heterocycles. The lowest BCUT2D eigenvalue weighted by Gasteiger charge is -2.29. The van der Waals surface area contributed by atoms with Gasteiger partial charge in [-0.2, -0.15) is 0 Å². The molecule has 0 aliphatic heterocycles. The van der Waals surface area contributed by atoms with E-state index in [9.17, 15) is 0 Å². The van der Waals surface area contributed by atoms with E-state index in [1.54, 1.807) is 0 Å². The highest BCUT2D eigenvalue weighted by Crippen LogP contribution is 2.35. The summed E-state index contributed by atoms with van der Waals surface area (Å²) in [6.07, 6.45) is 11.0. The molecule has 0 bridgehead atoms. The predicted octanol–water partition coefficient (Wildman–Crippen LogP) is 4.74. The second-order valence-corrected chi connectivity index (χ2v) is 7.41. The molecule has 3 heteroatoms. The SMILES string of the molecule is CC1(C)CC=C(O[B]OC2=CCC(C)(C)CC2)CC1. The number of rotatable bonds is 4. The smallest absolute Gasteiger partial charge is 0.530 e. The highest BCUT2D eigenvalue weighted by atomic mass is 16.6. The Morgan fingerprint density at radius 3 is 1.58 bits per heavy atom. The van der Waals surface area contributed by atoms with Gasteiger partial charge in [-0.3, -0.25) is 0 Å². The molecule has 2 rings (SSSR count). The maximum atomic E-state index is 5.60. The number of hydrogen-bond donors (Lipinski definition) is 0. The molecule has 0 atom stereocenters. The first-order valence-electron chi connectivity index (χ1n) is 7.39. The molecule has 1 radical (unpaired) electrons. The molecule has 2 aliphatic rings. The van der Waals surface area contributed by atoms with Crippen LogP contribution in [0.3, 0.4) is 0 Å². The third kappa shape index (κ3) is 4.63. The van der Waals surface area contributed by atoms with Gasteiger partial charge in [0.05, 0.1) is 11.5 Å². The first kappa shape index (κ1) is 14.6. The quantitative estimate of drug-likeness (QED) is 0.680. The van der Waals surface area contributed by atoms with Gasteiger partial charge in [-0.15, -0.1) is 0 Å². The van der Waals surface area contributed by atoms with Gasteiger partial charge in [-0.1, -0.05) is 27.7 Å². The van der Waals surface area contributed by atoms with Gasteiger partial charge >= 0.3 is 7.69 Å². The number of allylic oxidation sites excluding steroid dienone is 4. The molecule has 0 fully saturated rings. The Labute approximate surface area is 118 Å². The average molecular weight is 261 g/mol. The molecule has 0 saturated carbocycles. The summed E-state index contributed by atoms with van der Waals surface area (Å²) in [4.78, 5) is 0. The first-order chi connectivity index (χ1) is 8.86. The zero-order valence-corrected chi connectivity index (χ0v) is 12.8. The molecule has 0 amide bonds. The Balaban J connectivity index is 1.71. The maximum absolute atomic E-state index is 5.60. The van der Waals surface area contributed by atoms with Crippen molar-refractivity contribution in [3.05, 3.63) is 23.7 Å². The van der Waals surface area contributed by atoms with Crippen molar-refractivity contribution in [3.63, 3.8) is 0 Å². The van der Waals surface area contributed by atoms with Gasteiger partial charge in [-0.05, 0) is 48.7 Å². The van der Waals surface area contributed by atoms with Crippen LogP contribution in [0, 0.1) is 10.8 Å². The van der Waals surface area contributed by atoms with Crippen LogP contribution in [0.5, 0.6) is 0 Å². The first-order valence-corrected chi connectivity index (χ1v) is 7.39. The van der Waals surface area contributed by atoms with E-state index in [1.165, 1.54) is 20.5 Å². The zero-order valence-electron chi connectivity index (χ0n) is 12.8. The van der Waals surface area contributed by atoms with Crippen molar-refractivity contribution in [1.82, 2.24) is 0 Å². The highest BCUT2D eigenvalue weighted by molar-refractivity contribution is 6.19. The van der Waals surface area contributed by atoms with Crippen LogP contribution in [0.2, 0.25) is 0 Å². The Morgan fingerprint density at radius 2 is 1.26 bits per heavy atom. The van der Waals surface area contributed by atoms with Gasteiger partial charge in [-0.25, -0.2) is 0 Å². The molecule has 0 saturated heterocycles. The van der Waals surface area contributed by atoms with Gasteiger partial charge < -0.3 is 9.31 Å². The predicted molar refractivity (Wildman–Crippen MR) is 79.4 cm³/mol. The molecule has 0 aromatic rings. The Morgan fingerprint density at radius 1 is 0.842 bits per heavy atom. The Hall–Kier alpha value is -0.855. The van der Waals surface area contributed by atoms with E-state index in [0.29, 0.717) is 10.8 Å².